The van der Waals surface area contributed by atoms with Crippen LogP contribution in [-0.2, 0) is 0 Å². The van der Waals surface area contributed by atoms with Gasteiger partial charge in [-0.2, -0.15) is 0 Å². The van der Waals surface area contributed by atoms with E-state index >= 15 is 0 Å². The fourth-order valence-electron chi connectivity index (χ4n) is 2.22. The molecule has 110 valence electrons. The number of benzene rings is 1. The fraction of sp³-hybridized carbons (Fsp3) is 0.222. The van der Waals surface area contributed by atoms with E-state index < -0.39 is 0 Å². The van der Waals surface area contributed by atoms with Crippen LogP contribution < -0.4 is 9.47 Å². The van der Waals surface area contributed by atoms with E-state index in [4.69, 9.17) is 9.47 Å². The largest absolute Gasteiger partial charge is 0.493 e. The Hall–Kier alpha value is -2.42. The van der Waals surface area contributed by atoms with Crippen LogP contribution in [0.5, 0.6) is 11.5 Å². The Kier molecular flexibility index (Phi) is 5.27. The first-order valence-corrected chi connectivity index (χ1v) is 6.90. The molecule has 0 spiro atoms. The predicted octanol–water partition coefficient (Wildman–Crippen LogP) is 3.66. The second kappa shape index (κ2) is 7.39. The molecule has 1 aromatic carbocycles. The molecule has 0 saturated carbocycles. The molecule has 1 aliphatic rings. The van der Waals surface area contributed by atoms with Gasteiger partial charge in [-0.05, 0) is 23.8 Å². The fourth-order valence-corrected chi connectivity index (χ4v) is 2.22. The highest BCUT2D eigenvalue weighted by Crippen LogP contribution is 2.28. The summed E-state index contributed by atoms with van der Waals surface area (Å²) in [6.45, 7) is 4.62. The summed E-state index contributed by atoms with van der Waals surface area (Å²) in [4.78, 5) is 2.21. The third-order valence-corrected chi connectivity index (χ3v) is 3.31. The van der Waals surface area contributed by atoms with Gasteiger partial charge in [0, 0.05) is 12.7 Å². The van der Waals surface area contributed by atoms with E-state index in [1.54, 1.807) is 14.2 Å². The van der Waals surface area contributed by atoms with Crippen LogP contribution in [0.3, 0.4) is 0 Å². The van der Waals surface area contributed by atoms with Crippen LogP contribution in [0.15, 0.2) is 61.4 Å². The van der Waals surface area contributed by atoms with E-state index in [0.717, 1.165) is 23.6 Å². The van der Waals surface area contributed by atoms with Crippen molar-refractivity contribution in [2.75, 3.05) is 20.8 Å². The Morgan fingerprint density at radius 1 is 1.19 bits per heavy atom. The molecule has 0 amide bonds. The van der Waals surface area contributed by atoms with Gasteiger partial charge in [0.1, 0.15) is 0 Å². The van der Waals surface area contributed by atoms with Gasteiger partial charge in [-0.1, -0.05) is 36.4 Å². The topological polar surface area (TPSA) is 21.7 Å². The maximum absolute atomic E-state index is 5.32. The Bertz CT molecular complexity index is 573. The first-order valence-electron chi connectivity index (χ1n) is 6.90. The summed E-state index contributed by atoms with van der Waals surface area (Å²) in [6.07, 6.45) is 14.5. The normalized spacial score (nSPS) is 17.2. The molecule has 1 aromatic rings. The van der Waals surface area contributed by atoms with Crippen LogP contribution in [0.2, 0.25) is 0 Å². The molecular formula is C18H21NO2. The maximum Gasteiger partial charge on any atom is 0.161 e. The van der Waals surface area contributed by atoms with Crippen LogP contribution in [0.25, 0.3) is 6.08 Å². The summed E-state index contributed by atoms with van der Waals surface area (Å²) in [7, 11) is 3.28. The van der Waals surface area contributed by atoms with Crippen LogP contribution in [0.4, 0.5) is 0 Å². The summed E-state index contributed by atoms with van der Waals surface area (Å²) in [6, 6.07) is 6.13. The van der Waals surface area contributed by atoms with Crippen LogP contribution in [-0.4, -0.2) is 31.7 Å². The lowest BCUT2D eigenvalue weighted by atomic mass is 10.1. The summed E-state index contributed by atoms with van der Waals surface area (Å²) in [5, 5.41) is 0. The lowest BCUT2D eigenvalue weighted by Gasteiger charge is -2.26. The Morgan fingerprint density at radius 2 is 2.00 bits per heavy atom. The minimum absolute atomic E-state index is 0.237. The highest BCUT2D eigenvalue weighted by Gasteiger charge is 2.09. The number of nitrogens with zero attached hydrogens (tertiary/aromatic N) is 1. The van der Waals surface area contributed by atoms with Gasteiger partial charge in [0.15, 0.2) is 11.5 Å². The Balaban J connectivity index is 2.14. The number of rotatable bonds is 6. The average molecular weight is 283 g/mol. The van der Waals surface area contributed by atoms with Crippen molar-refractivity contribution < 1.29 is 9.47 Å². The molecule has 0 aromatic heterocycles. The first kappa shape index (κ1) is 15.0. The molecule has 0 bridgehead atoms. The van der Waals surface area contributed by atoms with E-state index in [1.165, 1.54) is 0 Å². The second-order valence-electron chi connectivity index (χ2n) is 4.68. The molecule has 0 radical (unpaired) electrons. The molecule has 21 heavy (non-hydrogen) atoms. The van der Waals surface area contributed by atoms with Crippen LogP contribution in [0, 0.1) is 0 Å². The van der Waals surface area contributed by atoms with Gasteiger partial charge >= 0.3 is 0 Å². The van der Waals surface area contributed by atoms with Gasteiger partial charge in [-0.25, -0.2) is 0 Å². The van der Waals surface area contributed by atoms with Gasteiger partial charge in [-0.3, -0.25) is 0 Å². The van der Waals surface area contributed by atoms with Gasteiger partial charge in [0.25, 0.3) is 0 Å². The lowest BCUT2D eigenvalue weighted by Crippen LogP contribution is -2.28. The van der Waals surface area contributed by atoms with E-state index in [1.807, 2.05) is 30.4 Å². The number of hydrogen-bond acceptors (Lipinski definition) is 3. The van der Waals surface area contributed by atoms with E-state index in [2.05, 4.69) is 42.0 Å². The summed E-state index contributed by atoms with van der Waals surface area (Å²) >= 11 is 0. The van der Waals surface area contributed by atoms with Crippen molar-refractivity contribution in [2.24, 2.45) is 0 Å². The number of methoxy groups -OCH3 is 2. The molecule has 3 nitrogen and oxygen atoms in total. The van der Waals surface area contributed by atoms with E-state index in [9.17, 15) is 0 Å². The van der Waals surface area contributed by atoms with Crippen LogP contribution >= 0.6 is 0 Å². The number of allylic oxidation sites excluding steroid dienone is 2. The maximum atomic E-state index is 5.32. The van der Waals surface area contributed by atoms with Crippen molar-refractivity contribution in [3.8, 4) is 11.5 Å². The zero-order chi connectivity index (χ0) is 15.1. The molecule has 1 heterocycles. The van der Waals surface area contributed by atoms with E-state index in [-0.39, 0.29) is 6.04 Å². The molecule has 0 fully saturated rings. The predicted molar refractivity (Wildman–Crippen MR) is 87.6 cm³/mol. The molecule has 3 heteroatoms. The molecule has 0 aliphatic carbocycles. The van der Waals surface area contributed by atoms with Crippen molar-refractivity contribution >= 4 is 6.08 Å². The lowest BCUT2D eigenvalue weighted by molar-refractivity contribution is 0.355. The summed E-state index contributed by atoms with van der Waals surface area (Å²) < 4.78 is 10.6. The minimum atomic E-state index is 0.237. The minimum Gasteiger partial charge on any atom is -0.493 e. The van der Waals surface area contributed by atoms with E-state index in [0.29, 0.717) is 0 Å². The van der Waals surface area contributed by atoms with Gasteiger partial charge in [-0.15, -0.1) is 6.58 Å². The van der Waals surface area contributed by atoms with Crippen molar-refractivity contribution in [2.45, 2.75) is 6.04 Å². The third kappa shape index (κ3) is 3.78. The first-order chi connectivity index (χ1) is 10.3. The van der Waals surface area contributed by atoms with Gasteiger partial charge < -0.3 is 14.4 Å². The van der Waals surface area contributed by atoms with Gasteiger partial charge in [0.05, 0.1) is 20.3 Å². The molecule has 0 N–H and O–H groups in total. The highest BCUT2D eigenvalue weighted by atomic mass is 16.5. The number of ether oxygens (including phenoxy) is 2. The van der Waals surface area contributed by atoms with Crippen LogP contribution in [0.1, 0.15) is 5.56 Å². The highest BCUT2D eigenvalue weighted by molar-refractivity contribution is 5.56. The molecule has 2 rings (SSSR count). The molecular weight excluding hydrogens is 262 g/mol. The quantitative estimate of drug-likeness (QED) is 0.744. The molecule has 0 saturated heterocycles. The monoisotopic (exact) mass is 283 g/mol. The van der Waals surface area contributed by atoms with Gasteiger partial charge in [0.2, 0.25) is 0 Å². The third-order valence-electron chi connectivity index (χ3n) is 3.31. The molecule has 1 atom stereocenters. The Morgan fingerprint density at radius 3 is 2.71 bits per heavy atom. The average Bonchev–Trinajstić information content (AvgIpc) is 2.54. The number of hydrogen-bond donors (Lipinski definition) is 0. The molecule has 1 unspecified atom stereocenters. The summed E-state index contributed by atoms with van der Waals surface area (Å²) in [5.41, 5.74) is 1.08. The van der Waals surface area contributed by atoms with Crippen molar-refractivity contribution in [3.63, 3.8) is 0 Å². The van der Waals surface area contributed by atoms with Crippen molar-refractivity contribution in [1.29, 1.82) is 0 Å². The van der Waals surface area contributed by atoms with Crippen molar-refractivity contribution in [1.82, 2.24) is 4.90 Å². The standard InChI is InChI=1S/C18H21NO2/c1-4-12-19-13-6-5-7-16(19)10-8-15-9-11-17(20-2)18(14-15)21-3/h4-11,13-14,16H,1,12H2,2-3H3/b10-8+. The Labute approximate surface area is 126 Å². The smallest absolute Gasteiger partial charge is 0.161 e. The van der Waals surface area contributed by atoms with Crippen molar-refractivity contribution in [3.05, 3.63) is 66.9 Å². The molecule has 1 aliphatic heterocycles. The SMILES string of the molecule is C=CCN1C=CC=CC1/C=C/c1ccc(OC)c(OC)c1. The summed E-state index contributed by atoms with van der Waals surface area (Å²) in [5.74, 6) is 1.48. The zero-order valence-electron chi connectivity index (χ0n) is 12.5. The second-order valence-corrected chi connectivity index (χ2v) is 4.68. The zero-order valence-corrected chi connectivity index (χ0v) is 12.5.